The molecule has 0 saturated carbocycles. The Morgan fingerprint density at radius 3 is 2.14 bits per heavy atom. The van der Waals surface area contributed by atoms with Crippen molar-refractivity contribution in [3.05, 3.63) is 12.2 Å². The molecule has 0 aliphatic heterocycles. The van der Waals surface area contributed by atoms with Gasteiger partial charge in [0.1, 0.15) is 0 Å². The third kappa shape index (κ3) is 10.9. The van der Waals surface area contributed by atoms with Crippen LogP contribution in [0.2, 0.25) is 0 Å². The van der Waals surface area contributed by atoms with Gasteiger partial charge in [-0.15, -0.1) is 0 Å². The first-order valence-electron chi connectivity index (χ1n) is 1.63. The number of aliphatic carboxylic acids is 1. The Kier molecular flexibility index (Phi) is 10.9. The second kappa shape index (κ2) is 7.02. The molecule has 1 N–H and O–H groups in total. The van der Waals surface area contributed by atoms with Crippen molar-refractivity contribution in [2.24, 2.45) is 0 Å². The van der Waals surface area contributed by atoms with E-state index in [1.807, 2.05) is 0 Å². The third-order valence-corrected chi connectivity index (χ3v) is 0.309. The van der Waals surface area contributed by atoms with Crippen molar-refractivity contribution in [1.82, 2.24) is 0 Å². The van der Waals surface area contributed by atoms with Crippen molar-refractivity contribution >= 4 is 64.2 Å². The van der Waals surface area contributed by atoms with Crippen molar-refractivity contribution < 1.29 is 9.90 Å². The van der Waals surface area contributed by atoms with E-state index in [1.54, 1.807) is 6.92 Å². The van der Waals surface area contributed by atoms with Crippen LogP contribution in [0.1, 0.15) is 6.92 Å². The van der Waals surface area contributed by atoms with Gasteiger partial charge in [0, 0.05) is 6.08 Å². The number of hydrogen-bond acceptors (Lipinski definition) is 1. The van der Waals surface area contributed by atoms with Crippen LogP contribution in [0.5, 0.6) is 0 Å². The summed E-state index contributed by atoms with van der Waals surface area (Å²) in [5.74, 6) is -0.891. The first-order chi connectivity index (χ1) is 2.77. The van der Waals surface area contributed by atoms with E-state index in [9.17, 15) is 4.79 Å². The van der Waals surface area contributed by atoms with E-state index in [2.05, 4.69) is 0 Å². The summed E-state index contributed by atoms with van der Waals surface area (Å²) in [4.78, 5) is 9.51. The predicted octanol–water partition coefficient (Wildman–Crippen LogP) is -0.00140. The maximum absolute atomic E-state index is 9.51. The quantitative estimate of drug-likeness (QED) is 0.566. The molecule has 0 amide bonds. The molecule has 3 heteroatoms. The molecule has 0 fully saturated rings. The van der Waals surface area contributed by atoms with Gasteiger partial charge in [0.15, 0.2) is 0 Å². The van der Waals surface area contributed by atoms with Gasteiger partial charge >= 0.3 is 64.2 Å². The van der Waals surface area contributed by atoms with Crippen molar-refractivity contribution in [1.29, 1.82) is 0 Å². The summed E-state index contributed by atoms with van der Waals surface area (Å²) in [7, 11) is 0. The molecular formula is C4H7O2Rb. The van der Waals surface area contributed by atoms with E-state index in [0.29, 0.717) is 0 Å². The number of carboxylic acids is 1. The standard InChI is InChI=1S/C4H6O2.Rb.H/c1-2-3-4(5)6;;/h2-3H,1H3,(H,5,6);;/b3-2+;;. The summed E-state index contributed by atoms with van der Waals surface area (Å²) in [6.45, 7) is 1.66. The summed E-state index contributed by atoms with van der Waals surface area (Å²) in [6.07, 6.45) is 2.56. The molecule has 0 rings (SSSR count). The molecule has 0 spiro atoms. The molecule has 36 valence electrons. The zero-order valence-electron chi connectivity index (χ0n) is 3.51. The summed E-state index contributed by atoms with van der Waals surface area (Å²) < 4.78 is 0. The normalized spacial score (nSPS) is 8.14. The van der Waals surface area contributed by atoms with Gasteiger partial charge in [-0.05, 0) is 6.92 Å². The molecule has 0 unspecified atom stereocenters. The Balaban J connectivity index is 0. The molecule has 0 aromatic rings. The fourth-order valence-corrected chi connectivity index (χ4v) is 0.143. The van der Waals surface area contributed by atoms with E-state index in [-0.39, 0.29) is 58.2 Å². The molecular weight excluding hydrogens is 166 g/mol. The zero-order valence-corrected chi connectivity index (χ0v) is 3.51. The van der Waals surface area contributed by atoms with Gasteiger partial charge in [0.05, 0.1) is 0 Å². The molecule has 0 heterocycles. The zero-order chi connectivity index (χ0) is 4.99. The maximum atomic E-state index is 9.51. The van der Waals surface area contributed by atoms with Gasteiger partial charge in [0.25, 0.3) is 0 Å². The van der Waals surface area contributed by atoms with Crippen molar-refractivity contribution in [3.8, 4) is 0 Å². The second-order valence-corrected chi connectivity index (χ2v) is 0.838. The van der Waals surface area contributed by atoms with E-state index < -0.39 is 5.97 Å². The third-order valence-electron chi connectivity index (χ3n) is 0.309. The molecule has 2 nitrogen and oxygen atoms in total. The molecule has 0 aliphatic rings. The van der Waals surface area contributed by atoms with Gasteiger partial charge in [-0.2, -0.15) is 0 Å². The molecule has 0 aromatic heterocycles. The monoisotopic (exact) mass is 172 g/mol. The van der Waals surface area contributed by atoms with Crippen LogP contribution in [-0.2, 0) is 4.79 Å². The number of hydrogen-bond donors (Lipinski definition) is 1. The minimum atomic E-state index is -0.891. The first-order valence-corrected chi connectivity index (χ1v) is 1.63. The van der Waals surface area contributed by atoms with Gasteiger partial charge in [-0.25, -0.2) is 4.79 Å². The molecule has 7 heavy (non-hydrogen) atoms. The predicted molar refractivity (Wildman–Crippen MR) is 29.6 cm³/mol. The Morgan fingerprint density at radius 1 is 1.71 bits per heavy atom. The average Bonchev–Trinajstić information content (AvgIpc) is 1.35. The van der Waals surface area contributed by atoms with Crippen LogP contribution in [0.4, 0.5) is 0 Å². The van der Waals surface area contributed by atoms with E-state index >= 15 is 0 Å². The van der Waals surface area contributed by atoms with Crippen LogP contribution in [0.3, 0.4) is 0 Å². The first kappa shape index (κ1) is 10.9. The van der Waals surface area contributed by atoms with E-state index in [1.165, 1.54) is 6.08 Å². The van der Waals surface area contributed by atoms with Crippen molar-refractivity contribution in [2.75, 3.05) is 0 Å². The Hall–Kier alpha value is 1.02. The van der Waals surface area contributed by atoms with Gasteiger partial charge < -0.3 is 5.11 Å². The van der Waals surface area contributed by atoms with E-state index in [0.717, 1.165) is 6.08 Å². The fraction of sp³-hybridized carbons (Fsp3) is 0.250. The Labute approximate surface area is 91.4 Å². The topological polar surface area (TPSA) is 37.3 Å². The van der Waals surface area contributed by atoms with Crippen LogP contribution < -0.4 is 0 Å². The Bertz CT molecular complexity index is 77.8. The van der Waals surface area contributed by atoms with E-state index in [4.69, 9.17) is 5.11 Å². The number of allylic oxidation sites excluding steroid dienone is 1. The van der Waals surface area contributed by atoms with Crippen LogP contribution in [-0.4, -0.2) is 69.3 Å². The van der Waals surface area contributed by atoms with Crippen molar-refractivity contribution in [2.45, 2.75) is 6.92 Å². The minimum absolute atomic E-state index is 0. The molecule has 0 aliphatic carbocycles. The van der Waals surface area contributed by atoms with Crippen molar-refractivity contribution in [3.63, 3.8) is 0 Å². The molecule has 0 atom stereocenters. The van der Waals surface area contributed by atoms with Gasteiger partial charge in [0.2, 0.25) is 0 Å². The molecule has 0 radical (unpaired) electrons. The van der Waals surface area contributed by atoms with Crippen LogP contribution in [0.15, 0.2) is 12.2 Å². The number of carboxylic acid groups (broad SMARTS) is 1. The number of carbonyl (C=O) groups is 1. The average molecular weight is 173 g/mol. The fourth-order valence-electron chi connectivity index (χ4n) is 0.143. The summed E-state index contributed by atoms with van der Waals surface area (Å²) >= 11 is 0. The molecule has 0 aromatic carbocycles. The number of rotatable bonds is 1. The molecule has 0 saturated heterocycles. The summed E-state index contributed by atoms with van der Waals surface area (Å²) in [6, 6.07) is 0. The van der Waals surface area contributed by atoms with Gasteiger partial charge in [-0.1, -0.05) is 6.08 Å². The second-order valence-electron chi connectivity index (χ2n) is 0.838. The summed E-state index contributed by atoms with van der Waals surface area (Å²) in [5.41, 5.74) is 0. The Morgan fingerprint density at radius 2 is 2.14 bits per heavy atom. The molecule has 0 bridgehead atoms. The van der Waals surface area contributed by atoms with Crippen LogP contribution in [0, 0.1) is 0 Å². The van der Waals surface area contributed by atoms with Crippen LogP contribution >= 0.6 is 0 Å². The van der Waals surface area contributed by atoms with Gasteiger partial charge in [-0.3, -0.25) is 0 Å². The van der Waals surface area contributed by atoms with Crippen LogP contribution in [0.25, 0.3) is 0 Å². The summed E-state index contributed by atoms with van der Waals surface area (Å²) in [5, 5.41) is 7.83. The SMILES string of the molecule is C/C=C/C(=O)O.[RbH].